The highest BCUT2D eigenvalue weighted by molar-refractivity contribution is 5.58. The minimum atomic E-state index is 0.690. The molecule has 98 valence electrons. The molecule has 18 heavy (non-hydrogen) atoms. The Kier molecular flexibility index (Phi) is 3.29. The van der Waals surface area contributed by atoms with Crippen LogP contribution in [0, 0.1) is 5.92 Å². The molecule has 0 aliphatic carbocycles. The van der Waals surface area contributed by atoms with Gasteiger partial charge in [0.05, 0.1) is 0 Å². The first-order valence-corrected chi connectivity index (χ1v) is 7.34. The third kappa shape index (κ3) is 2.14. The molecule has 1 aromatic rings. The molecule has 0 aromatic heterocycles. The zero-order valence-corrected chi connectivity index (χ0v) is 11.6. The molecule has 1 saturated heterocycles. The molecule has 0 amide bonds. The van der Waals surface area contributed by atoms with E-state index in [4.69, 9.17) is 0 Å². The smallest absolute Gasteiger partial charge is 0.0404 e. The Hall–Kier alpha value is -1.02. The fourth-order valence-electron chi connectivity index (χ4n) is 3.55. The molecule has 2 unspecified atom stereocenters. The summed E-state index contributed by atoms with van der Waals surface area (Å²) >= 11 is 0. The number of hydrogen-bond donors (Lipinski definition) is 1. The van der Waals surface area contributed by atoms with Gasteiger partial charge in [-0.25, -0.2) is 0 Å². The number of rotatable bonds is 1. The van der Waals surface area contributed by atoms with Crippen molar-refractivity contribution in [2.75, 3.05) is 18.0 Å². The Labute approximate surface area is 110 Å². The van der Waals surface area contributed by atoms with Crippen LogP contribution in [0.2, 0.25) is 0 Å². The summed E-state index contributed by atoms with van der Waals surface area (Å²) in [7, 11) is 0. The van der Waals surface area contributed by atoms with E-state index in [2.05, 4.69) is 42.3 Å². The fourth-order valence-corrected chi connectivity index (χ4v) is 3.55. The highest BCUT2D eigenvalue weighted by Crippen LogP contribution is 2.32. The summed E-state index contributed by atoms with van der Waals surface area (Å²) in [5.41, 5.74) is 4.61. The van der Waals surface area contributed by atoms with Crippen molar-refractivity contribution in [3.63, 3.8) is 0 Å². The fraction of sp³-hybridized carbons (Fsp3) is 0.625. The number of benzene rings is 1. The van der Waals surface area contributed by atoms with E-state index in [0.717, 1.165) is 19.0 Å². The van der Waals surface area contributed by atoms with Crippen LogP contribution in [0.1, 0.15) is 37.8 Å². The second-order valence-corrected chi connectivity index (χ2v) is 6.01. The third-order valence-corrected chi connectivity index (χ3v) is 4.56. The predicted octanol–water partition coefficient (Wildman–Crippen LogP) is 2.96. The minimum absolute atomic E-state index is 0.690. The molecule has 1 N–H and O–H groups in total. The molecule has 2 heterocycles. The highest BCUT2D eigenvalue weighted by atomic mass is 15.2. The van der Waals surface area contributed by atoms with Gasteiger partial charge < -0.3 is 10.2 Å². The first kappa shape index (κ1) is 12.0. The molecule has 0 bridgehead atoms. The van der Waals surface area contributed by atoms with E-state index < -0.39 is 0 Å². The SMILES string of the molecule is CC1CCN(c2cccc3c2CCNC3)C(C)C1. The molecule has 0 radical (unpaired) electrons. The molecule has 2 atom stereocenters. The molecule has 0 spiro atoms. The molecule has 1 fully saturated rings. The molecule has 2 heteroatoms. The van der Waals surface area contributed by atoms with Crippen molar-refractivity contribution in [3.05, 3.63) is 29.3 Å². The van der Waals surface area contributed by atoms with Crippen LogP contribution in [-0.2, 0) is 13.0 Å². The molecule has 2 aliphatic heterocycles. The zero-order chi connectivity index (χ0) is 12.5. The van der Waals surface area contributed by atoms with Gasteiger partial charge in [-0.2, -0.15) is 0 Å². The first-order valence-electron chi connectivity index (χ1n) is 7.34. The van der Waals surface area contributed by atoms with Gasteiger partial charge in [0.2, 0.25) is 0 Å². The van der Waals surface area contributed by atoms with Crippen molar-refractivity contribution >= 4 is 5.69 Å². The number of fused-ring (bicyclic) bond motifs is 1. The summed E-state index contributed by atoms with van der Waals surface area (Å²) in [6.45, 7) is 8.17. The lowest BCUT2D eigenvalue weighted by Gasteiger charge is -2.40. The molecular formula is C16H24N2. The number of nitrogens with one attached hydrogen (secondary N) is 1. The van der Waals surface area contributed by atoms with Gasteiger partial charge in [0.1, 0.15) is 0 Å². The van der Waals surface area contributed by atoms with Gasteiger partial charge in [-0.15, -0.1) is 0 Å². The van der Waals surface area contributed by atoms with Gasteiger partial charge in [0, 0.05) is 24.8 Å². The number of anilines is 1. The molecular weight excluding hydrogens is 220 g/mol. The van der Waals surface area contributed by atoms with Gasteiger partial charge >= 0.3 is 0 Å². The van der Waals surface area contributed by atoms with Gasteiger partial charge in [-0.3, -0.25) is 0 Å². The summed E-state index contributed by atoms with van der Waals surface area (Å²) in [4.78, 5) is 2.64. The van der Waals surface area contributed by atoms with Crippen molar-refractivity contribution in [1.82, 2.24) is 5.32 Å². The van der Waals surface area contributed by atoms with Gasteiger partial charge in [-0.1, -0.05) is 19.1 Å². The lowest BCUT2D eigenvalue weighted by molar-refractivity contribution is 0.377. The van der Waals surface area contributed by atoms with E-state index in [0.29, 0.717) is 6.04 Å². The van der Waals surface area contributed by atoms with Crippen molar-refractivity contribution in [2.24, 2.45) is 5.92 Å². The van der Waals surface area contributed by atoms with E-state index in [1.165, 1.54) is 37.1 Å². The minimum Gasteiger partial charge on any atom is -0.369 e. The van der Waals surface area contributed by atoms with Crippen molar-refractivity contribution < 1.29 is 0 Å². The maximum absolute atomic E-state index is 3.47. The van der Waals surface area contributed by atoms with Crippen LogP contribution >= 0.6 is 0 Å². The Morgan fingerprint density at radius 2 is 2.17 bits per heavy atom. The largest absolute Gasteiger partial charge is 0.369 e. The lowest BCUT2D eigenvalue weighted by atomic mass is 9.91. The van der Waals surface area contributed by atoms with Crippen LogP contribution in [-0.4, -0.2) is 19.1 Å². The molecule has 0 saturated carbocycles. The Bertz CT molecular complexity index is 427. The quantitative estimate of drug-likeness (QED) is 0.817. The Balaban J connectivity index is 1.92. The van der Waals surface area contributed by atoms with Gasteiger partial charge in [-0.05, 0) is 55.8 Å². The molecule has 2 nitrogen and oxygen atoms in total. The van der Waals surface area contributed by atoms with Crippen LogP contribution in [0.3, 0.4) is 0 Å². The average Bonchev–Trinajstić information content (AvgIpc) is 2.38. The van der Waals surface area contributed by atoms with E-state index in [9.17, 15) is 0 Å². The van der Waals surface area contributed by atoms with E-state index in [1.54, 1.807) is 5.56 Å². The summed E-state index contributed by atoms with van der Waals surface area (Å²) in [6.07, 6.45) is 3.86. The zero-order valence-electron chi connectivity index (χ0n) is 11.6. The van der Waals surface area contributed by atoms with Crippen LogP contribution in [0.4, 0.5) is 5.69 Å². The Morgan fingerprint density at radius 3 is 3.00 bits per heavy atom. The normalized spacial score (nSPS) is 28.0. The lowest BCUT2D eigenvalue weighted by Crippen LogP contribution is -2.41. The first-order chi connectivity index (χ1) is 8.75. The monoisotopic (exact) mass is 244 g/mol. The van der Waals surface area contributed by atoms with E-state index in [1.807, 2.05) is 0 Å². The summed E-state index contributed by atoms with van der Waals surface area (Å²) in [5.74, 6) is 0.887. The molecule has 3 rings (SSSR count). The second-order valence-electron chi connectivity index (χ2n) is 6.01. The number of hydrogen-bond acceptors (Lipinski definition) is 2. The van der Waals surface area contributed by atoms with Crippen LogP contribution in [0.25, 0.3) is 0 Å². The average molecular weight is 244 g/mol. The number of nitrogens with zero attached hydrogens (tertiary/aromatic N) is 1. The molecule has 2 aliphatic rings. The van der Waals surface area contributed by atoms with Crippen molar-refractivity contribution in [3.8, 4) is 0 Å². The summed E-state index contributed by atoms with van der Waals surface area (Å²) in [5, 5.41) is 3.47. The van der Waals surface area contributed by atoms with Gasteiger partial charge in [0.25, 0.3) is 0 Å². The van der Waals surface area contributed by atoms with Crippen LogP contribution in [0.15, 0.2) is 18.2 Å². The summed E-state index contributed by atoms with van der Waals surface area (Å²) in [6, 6.07) is 7.53. The predicted molar refractivity (Wildman–Crippen MR) is 77.1 cm³/mol. The maximum atomic E-state index is 3.47. The highest BCUT2D eigenvalue weighted by Gasteiger charge is 2.25. The second kappa shape index (κ2) is 4.93. The maximum Gasteiger partial charge on any atom is 0.0404 e. The van der Waals surface area contributed by atoms with Gasteiger partial charge in [0.15, 0.2) is 0 Å². The van der Waals surface area contributed by atoms with Crippen LogP contribution in [0.5, 0.6) is 0 Å². The van der Waals surface area contributed by atoms with E-state index in [-0.39, 0.29) is 0 Å². The topological polar surface area (TPSA) is 15.3 Å². The number of piperidine rings is 1. The van der Waals surface area contributed by atoms with Crippen molar-refractivity contribution in [2.45, 2.75) is 45.7 Å². The standard InChI is InChI=1S/C16H24N2/c1-12-7-9-18(13(2)10-12)16-5-3-4-14-11-17-8-6-15(14)16/h3-5,12-13,17H,6-11H2,1-2H3. The summed E-state index contributed by atoms with van der Waals surface area (Å²) < 4.78 is 0. The molecule has 1 aromatic carbocycles. The van der Waals surface area contributed by atoms with Crippen molar-refractivity contribution in [1.29, 1.82) is 0 Å². The third-order valence-electron chi connectivity index (χ3n) is 4.56. The van der Waals surface area contributed by atoms with E-state index >= 15 is 0 Å². The van der Waals surface area contributed by atoms with Crippen LogP contribution < -0.4 is 10.2 Å². The Morgan fingerprint density at radius 1 is 1.28 bits per heavy atom.